The Kier molecular flexibility index (Phi) is 3.40. The van der Waals surface area contributed by atoms with E-state index >= 15 is 0 Å². The van der Waals surface area contributed by atoms with E-state index in [9.17, 15) is 9.59 Å². The average Bonchev–Trinajstić information content (AvgIpc) is 2.53. The SMILES string of the molecule is O=c1[nH]c(Cl)nc2c1C(c1ccccc1)c1c(nc(Cl)[nH]c1=O)O2. The van der Waals surface area contributed by atoms with Gasteiger partial charge in [-0.25, -0.2) is 0 Å². The van der Waals surface area contributed by atoms with E-state index in [2.05, 4.69) is 19.9 Å². The van der Waals surface area contributed by atoms with Crippen molar-refractivity contribution in [3.63, 3.8) is 0 Å². The van der Waals surface area contributed by atoms with Gasteiger partial charge in [-0.2, -0.15) is 9.97 Å². The zero-order valence-electron chi connectivity index (χ0n) is 11.8. The number of H-pyrrole nitrogens is 2. The molecule has 9 heteroatoms. The van der Waals surface area contributed by atoms with Crippen molar-refractivity contribution in [3.8, 4) is 11.8 Å². The molecule has 0 amide bonds. The van der Waals surface area contributed by atoms with Gasteiger partial charge < -0.3 is 4.74 Å². The summed E-state index contributed by atoms with van der Waals surface area (Å²) in [4.78, 5) is 37.7. The van der Waals surface area contributed by atoms with E-state index in [1.165, 1.54) is 0 Å². The molecule has 2 aromatic heterocycles. The maximum Gasteiger partial charge on any atom is 0.259 e. The molecule has 0 bridgehead atoms. The molecule has 4 rings (SSSR count). The molecule has 0 saturated heterocycles. The van der Waals surface area contributed by atoms with Gasteiger partial charge in [-0.15, -0.1) is 0 Å². The van der Waals surface area contributed by atoms with Crippen LogP contribution in [0.25, 0.3) is 0 Å². The third kappa shape index (κ3) is 2.29. The molecule has 1 aliphatic heterocycles. The largest absolute Gasteiger partial charge is 0.419 e. The van der Waals surface area contributed by atoms with Crippen LogP contribution in [0.15, 0.2) is 39.9 Å². The Morgan fingerprint density at radius 1 is 0.875 bits per heavy atom. The quantitative estimate of drug-likeness (QED) is 0.506. The molecule has 1 aliphatic rings. The Balaban J connectivity index is 2.09. The van der Waals surface area contributed by atoms with Crippen LogP contribution >= 0.6 is 23.2 Å². The van der Waals surface area contributed by atoms with Gasteiger partial charge in [0.1, 0.15) is 0 Å². The fourth-order valence-corrected chi connectivity index (χ4v) is 3.08. The number of nitrogens with one attached hydrogen (secondary N) is 2. The normalized spacial score (nSPS) is 13.1. The molecule has 2 N–H and O–H groups in total. The number of hydrogen-bond donors (Lipinski definition) is 2. The Hall–Kier alpha value is -2.64. The first-order valence-corrected chi connectivity index (χ1v) is 7.62. The summed E-state index contributed by atoms with van der Waals surface area (Å²) in [5.74, 6) is -0.703. The highest BCUT2D eigenvalue weighted by molar-refractivity contribution is 6.28. The average molecular weight is 363 g/mol. The van der Waals surface area contributed by atoms with Gasteiger partial charge in [-0.05, 0) is 28.8 Å². The Labute approximate surface area is 144 Å². The third-order valence-corrected chi connectivity index (χ3v) is 4.04. The lowest BCUT2D eigenvalue weighted by atomic mass is 9.86. The minimum absolute atomic E-state index is 0.000676. The summed E-state index contributed by atoms with van der Waals surface area (Å²) in [6.07, 6.45) is 0. The summed E-state index contributed by atoms with van der Waals surface area (Å²) in [6.45, 7) is 0. The van der Waals surface area contributed by atoms with Crippen LogP contribution in [0.4, 0.5) is 0 Å². The summed E-state index contributed by atoms with van der Waals surface area (Å²) in [6, 6.07) is 9.04. The van der Waals surface area contributed by atoms with Crippen LogP contribution in [0.3, 0.4) is 0 Å². The van der Waals surface area contributed by atoms with Gasteiger partial charge >= 0.3 is 0 Å². The molecule has 1 aromatic carbocycles. The van der Waals surface area contributed by atoms with Gasteiger partial charge in [0.15, 0.2) is 0 Å². The van der Waals surface area contributed by atoms with Crippen LogP contribution in [0.1, 0.15) is 22.6 Å². The van der Waals surface area contributed by atoms with Gasteiger partial charge in [0, 0.05) is 0 Å². The van der Waals surface area contributed by atoms with E-state index in [1.54, 1.807) is 24.3 Å². The molecule has 0 saturated carbocycles. The maximum absolute atomic E-state index is 12.4. The van der Waals surface area contributed by atoms with E-state index in [1.807, 2.05) is 6.07 Å². The van der Waals surface area contributed by atoms with E-state index in [0.29, 0.717) is 5.56 Å². The number of hydrogen-bond acceptors (Lipinski definition) is 5. The second-order valence-electron chi connectivity index (χ2n) is 5.10. The summed E-state index contributed by atoms with van der Waals surface area (Å²) in [5, 5.41) is -0.241. The zero-order valence-corrected chi connectivity index (χ0v) is 13.4. The second-order valence-corrected chi connectivity index (χ2v) is 5.81. The Morgan fingerprint density at radius 3 is 1.88 bits per heavy atom. The van der Waals surface area contributed by atoms with Gasteiger partial charge in [0.2, 0.25) is 22.3 Å². The molecule has 0 fully saturated rings. The zero-order chi connectivity index (χ0) is 16.8. The second kappa shape index (κ2) is 5.47. The lowest BCUT2D eigenvalue weighted by molar-refractivity contribution is 0.409. The van der Waals surface area contributed by atoms with Crippen LogP contribution in [0.5, 0.6) is 11.8 Å². The van der Waals surface area contributed by atoms with Crippen molar-refractivity contribution in [2.45, 2.75) is 5.92 Å². The predicted molar refractivity (Wildman–Crippen MR) is 87.2 cm³/mol. The molecule has 0 radical (unpaired) electrons. The predicted octanol–water partition coefficient (Wildman–Crippen LogP) is 2.45. The van der Waals surface area contributed by atoms with Crippen molar-refractivity contribution in [3.05, 3.63) is 78.3 Å². The van der Waals surface area contributed by atoms with E-state index in [0.717, 1.165) is 0 Å². The summed E-state index contributed by atoms with van der Waals surface area (Å²) in [7, 11) is 0. The van der Waals surface area contributed by atoms with Crippen molar-refractivity contribution in [1.29, 1.82) is 0 Å². The van der Waals surface area contributed by atoms with Crippen molar-refractivity contribution in [2.24, 2.45) is 0 Å². The maximum atomic E-state index is 12.4. The molecule has 3 heterocycles. The molecule has 0 unspecified atom stereocenters. The topological polar surface area (TPSA) is 101 Å². The number of aromatic nitrogens is 4. The van der Waals surface area contributed by atoms with E-state index in [-0.39, 0.29) is 33.5 Å². The molecule has 0 spiro atoms. The molecule has 3 aromatic rings. The van der Waals surface area contributed by atoms with Crippen LogP contribution in [-0.2, 0) is 0 Å². The van der Waals surface area contributed by atoms with Crippen molar-refractivity contribution >= 4 is 23.2 Å². The molecule has 0 aliphatic carbocycles. The molecular weight excluding hydrogens is 355 g/mol. The number of nitrogens with zero attached hydrogens (tertiary/aromatic N) is 2. The van der Waals surface area contributed by atoms with Crippen LogP contribution in [0.2, 0.25) is 10.6 Å². The smallest absolute Gasteiger partial charge is 0.259 e. The first-order chi connectivity index (χ1) is 11.5. The van der Waals surface area contributed by atoms with Crippen molar-refractivity contribution < 1.29 is 4.74 Å². The van der Waals surface area contributed by atoms with Gasteiger partial charge in [-0.1, -0.05) is 30.3 Å². The lowest BCUT2D eigenvalue weighted by Gasteiger charge is -2.25. The number of aromatic amines is 2. The number of ether oxygens (including phenoxy) is 1. The highest BCUT2D eigenvalue weighted by atomic mass is 35.5. The van der Waals surface area contributed by atoms with Crippen LogP contribution in [0, 0.1) is 0 Å². The van der Waals surface area contributed by atoms with Crippen molar-refractivity contribution in [2.75, 3.05) is 0 Å². The first-order valence-electron chi connectivity index (χ1n) is 6.87. The summed E-state index contributed by atoms with van der Waals surface area (Å²) >= 11 is 11.6. The van der Waals surface area contributed by atoms with E-state index < -0.39 is 17.0 Å². The molecular formula is C15H8Cl2N4O3. The highest BCUT2D eigenvalue weighted by Crippen LogP contribution is 2.42. The summed E-state index contributed by atoms with van der Waals surface area (Å²) in [5.41, 5.74) is 0.116. The minimum Gasteiger partial charge on any atom is -0.419 e. The number of fused-ring (bicyclic) bond motifs is 2. The van der Waals surface area contributed by atoms with Gasteiger partial charge in [0.25, 0.3) is 11.1 Å². The monoisotopic (exact) mass is 362 g/mol. The fraction of sp³-hybridized carbons (Fsp3) is 0.0667. The van der Waals surface area contributed by atoms with Crippen molar-refractivity contribution in [1.82, 2.24) is 19.9 Å². The number of rotatable bonds is 1. The Bertz CT molecular complexity index is 997. The number of halogens is 2. The van der Waals surface area contributed by atoms with Crippen LogP contribution in [-0.4, -0.2) is 19.9 Å². The molecule has 7 nitrogen and oxygen atoms in total. The van der Waals surface area contributed by atoms with E-state index in [4.69, 9.17) is 27.9 Å². The van der Waals surface area contributed by atoms with Gasteiger partial charge in [0.05, 0.1) is 17.0 Å². The highest BCUT2D eigenvalue weighted by Gasteiger charge is 2.36. The molecule has 24 heavy (non-hydrogen) atoms. The molecule has 0 atom stereocenters. The van der Waals surface area contributed by atoms with Crippen LogP contribution < -0.4 is 15.9 Å². The fourth-order valence-electron chi connectivity index (χ4n) is 2.75. The first kappa shape index (κ1) is 14.9. The summed E-state index contributed by atoms with van der Waals surface area (Å²) < 4.78 is 5.52. The van der Waals surface area contributed by atoms with Gasteiger partial charge in [-0.3, -0.25) is 19.6 Å². The lowest BCUT2D eigenvalue weighted by Crippen LogP contribution is -2.29. The number of benzene rings is 1. The molecule has 120 valence electrons. The standard InChI is InChI=1S/C15H8Cl2N4O3/c16-14-18-10(22)8-7(6-4-2-1-3-5-6)9-11(23)19-15(17)21-13(9)24-12(8)20-14/h1-5,7H,(H,18,20,22)(H,19,21,23). The Morgan fingerprint density at radius 2 is 1.38 bits per heavy atom. The minimum atomic E-state index is -0.702. The third-order valence-electron chi connectivity index (χ3n) is 3.69.